The van der Waals surface area contributed by atoms with Crippen LogP contribution in [0.15, 0.2) is 11.2 Å². The second-order valence-electron chi connectivity index (χ2n) is 4.53. The minimum atomic E-state index is 0.0732. The average molecular weight is 326 g/mol. The van der Waals surface area contributed by atoms with E-state index in [1.54, 1.807) is 7.11 Å². The van der Waals surface area contributed by atoms with E-state index in [1.807, 2.05) is 24.6 Å². The maximum Gasteiger partial charge on any atom is 0.184 e. The van der Waals surface area contributed by atoms with Gasteiger partial charge in [0, 0.05) is 18.0 Å². The molecule has 0 fully saturated rings. The fraction of sp³-hybridized carbons (Fsp3) is 0.231. The summed E-state index contributed by atoms with van der Waals surface area (Å²) in [6.07, 6.45) is 1.54. The summed E-state index contributed by atoms with van der Waals surface area (Å²) in [5.41, 5.74) is 17.1. The van der Waals surface area contributed by atoms with E-state index in [-0.39, 0.29) is 5.11 Å². The van der Waals surface area contributed by atoms with E-state index in [1.165, 1.54) is 6.21 Å². The summed E-state index contributed by atoms with van der Waals surface area (Å²) in [4.78, 5) is 0. The van der Waals surface area contributed by atoms with Crippen molar-refractivity contribution >= 4 is 51.7 Å². The zero-order valence-corrected chi connectivity index (χ0v) is 13.5. The van der Waals surface area contributed by atoms with Gasteiger partial charge in [0.1, 0.15) is 10.9 Å². The summed E-state index contributed by atoms with van der Waals surface area (Å²) in [6.45, 7) is 1.93. The summed E-state index contributed by atoms with van der Waals surface area (Å²) in [5, 5.41) is 5.31. The Morgan fingerprint density at radius 1 is 1.57 bits per heavy atom. The Labute approximate surface area is 132 Å². The number of anilines is 1. The Balaban J connectivity index is 2.73. The summed E-state index contributed by atoms with van der Waals surface area (Å²) in [5.74, 6) is 0.627. The van der Waals surface area contributed by atoms with Gasteiger partial charge in [-0.15, -0.1) is 0 Å². The fourth-order valence-corrected chi connectivity index (χ4v) is 2.58. The van der Waals surface area contributed by atoms with Crippen molar-refractivity contribution in [2.75, 3.05) is 12.8 Å². The molecule has 0 spiro atoms. The molecule has 21 heavy (non-hydrogen) atoms. The predicted molar refractivity (Wildman–Crippen MR) is 91.1 cm³/mol. The van der Waals surface area contributed by atoms with E-state index >= 15 is 0 Å². The molecular formula is C13H16ClN5OS. The number of aromatic nitrogens is 1. The van der Waals surface area contributed by atoms with Gasteiger partial charge in [0.25, 0.3) is 0 Å². The first kappa shape index (κ1) is 15.4. The standard InChI is InChI=1S/C13H16ClN5OS/c1-6-4-8-9(10(15)11(6)20-3)7(12(14)19(8)2)5-17-18-13(16)21/h4-5H,15H2,1-3H3,(H3,16,18,21)/b17-5+. The normalized spacial score (nSPS) is 11.2. The first-order valence-corrected chi connectivity index (χ1v) is 6.86. The van der Waals surface area contributed by atoms with Gasteiger partial charge >= 0.3 is 0 Å². The maximum absolute atomic E-state index is 6.36. The van der Waals surface area contributed by atoms with E-state index in [0.717, 1.165) is 16.5 Å². The van der Waals surface area contributed by atoms with Crippen molar-refractivity contribution in [3.05, 3.63) is 22.3 Å². The SMILES string of the molecule is COc1c(C)cc2c(c1N)c(/C=N/NC(N)=S)c(Cl)n2C. The largest absolute Gasteiger partial charge is 0.494 e. The minimum absolute atomic E-state index is 0.0732. The molecule has 0 unspecified atom stereocenters. The number of hydrogen-bond donors (Lipinski definition) is 3. The average Bonchev–Trinajstić information content (AvgIpc) is 2.64. The highest BCUT2D eigenvalue weighted by Gasteiger charge is 2.19. The lowest BCUT2D eigenvalue weighted by Gasteiger charge is -2.10. The van der Waals surface area contributed by atoms with Gasteiger partial charge in [0.15, 0.2) is 5.11 Å². The van der Waals surface area contributed by atoms with Gasteiger partial charge in [-0.3, -0.25) is 5.43 Å². The number of aryl methyl sites for hydroxylation is 2. The van der Waals surface area contributed by atoms with Crippen molar-refractivity contribution in [3.63, 3.8) is 0 Å². The number of hydrazone groups is 1. The molecule has 0 saturated heterocycles. The van der Waals surface area contributed by atoms with Crippen LogP contribution < -0.4 is 21.6 Å². The quantitative estimate of drug-likeness (QED) is 0.347. The second kappa shape index (κ2) is 5.79. The number of nitrogens with one attached hydrogen (secondary N) is 1. The number of hydrogen-bond acceptors (Lipinski definition) is 4. The number of nitrogens with zero attached hydrogens (tertiary/aromatic N) is 2. The summed E-state index contributed by atoms with van der Waals surface area (Å²) < 4.78 is 7.19. The van der Waals surface area contributed by atoms with Crippen LogP contribution in [-0.4, -0.2) is 23.0 Å². The highest BCUT2D eigenvalue weighted by molar-refractivity contribution is 7.80. The Morgan fingerprint density at radius 2 is 2.24 bits per heavy atom. The lowest BCUT2D eigenvalue weighted by Crippen LogP contribution is -2.24. The molecule has 112 valence electrons. The molecule has 0 radical (unpaired) electrons. The van der Waals surface area contributed by atoms with Crippen LogP contribution in [-0.2, 0) is 7.05 Å². The highest BCUT2D eigenvalue weighted by atomic mass is 35.5. The van der Waals surface area contributed by atoms with E-state index in [0.29, 0.717) is 22.2 Å². The highest BCUT2D eigenvalue weighted by Crippen LogP contribution is 2.39. The molecule has 0 saturated carbocycles. The summed E-state index contributed by atoms with van der Waals surface area (Å²) in [7, 11) is 3.44. The number of halogens is 1. The lowest BCUT2D eigenvalue weighted by atomic mass is 10.1. The van der Waals surface area contributed by atoms with E-state index < -0.39 is 0 Å². The van der Waals surface area contributed by atoms with Gasteiger partial charge in [0.2, 0.25) is 0 Å². The molecular weight excluding hydrogens is 310 g/mol. The van der Waals surface area contributed by atoms with Gasteiger partial charge in [-0.05, 0) is 30.8 Å². The van der Waals surface area contributed by atoms with Gasteiger partial charge < -0.3 is 20.8 Å². The summed E-state index contributed by atoms with van der Waals surface area (Å²) >= 11 is 11.1. The van der Waals surface area contributed by atoms with Crippen molar-refractivity contribution < 1.29 is 4.74 Å². The zero-order chi connectivity index (χ0) is 15.7. The zero-order valence-electron chi connectivity index (χ0n) is 11.9. The lowest BCUT2D eigenvalue weighted by molar-refractivity contribution is 0.414. The Hall–Kier alpha value is -1.99. The Morgan fingerprint density at radius 3 is 2.81 bits per heavy atom. The number of rotatable bonds is 3. The number of nitrogen functional groups attached to an aromatic ring is 1. The molecule has 2 aromatic rings. The van der Waals surface area contributed by atoms with Crippen LogP contribution in [0.2, 0.25) is 5.15 Å². The Kier molecular flexibility index (Phi) is 4.24. The molecule has 6 nitrogen and oxygen atoms in total. The third-order valence-electron chi connectivity index (χ3n) is 3.20. The minimum Gasteiger partial charge on any atom is -0.494 e. The molecule has 0 aliphatic rings. The maximum atomic E-state index is 6.36. The van der Waals surface area contributed by atoms with Crippen LogP contribution in [0.4, 0.5) is 5.69 Å². The third kappa shape index (κ3) is 2.62. The second-order valence-corrected chi connectivity index (χ2v) is 5.33. The Bertz CT molecular complexity index is 753. The van der Waals surface area contributed by atoms with Crippen molar-refractivity contribution in [3.8, 4) is 5.75 Å². The first-order valence-electron chi connectivity index (χ1n) is 6.08. The van der Waals surface area contributed by atoms with Crippen LogP contribution in [0, 0.1) is 6.92 Å². The van der Waals surface area contributed by atoms with Crippen molar-refractivity contribution in [2.24, 2.45) is 17.9 Å². The summed E-state index contributed by atoms with van der Waals surface area (Å²) in [6, 6.07) is 1.97. The van der Waals surface area contributed by atoms with Gasteiger partial charge in [-0.25, -0.2) is 0 Å². The fourth-order valence-electron chi connectivity index (χ4n) is 2.29. The van der Waals surface area contributed by atoms with Crippen molar-refractivity contribution in [1.82, 2.24) is 9.99 Å². The molecule has 8 heteroatoms. The molecule has 2 rings (SSSR count). The van der Waals surface area contributed by atoms with Crippen LogP contribution >= 0.6 is 23.8 Å². The molecule has 5 N–H and O–H groups in total. The van der Waals surface area contributed by atoms with Gasteiger partial charge in [0.05, 0.1) is 24.5 Å². The van der Waals surface area contributed by atoms with Gasteiger partial charge in [-0.2, -0.15) is 5.10 Å². The topological polar surface area (TPSA) is 90.6 Å². The molecule has 0 amide bonds. The van der Waals surface area contributed by atoms with Crippen molar-refractivity contribution in [2.45, 2.75) is 6.92 Å². The number of ether oxygens (including phenoxy) is 1. The molecule has 0 atom stereocenters. The molecule has 0 bridgehead atoms. The third-order valence-corrected chi connectivity index (χ3v) is 3.75. The van der Waals surface area contributed by atoms with E-state index in [2.05, 4.69) is 10.5 Å². The van der Waals surface area contributed by atoms with Crippen LogP contribution in [0.5, 0.6) is 5.75 Å². The first-order chi connectivity index (χ1) is 9.88. The molecule has 1 aromatic carbocycles. The molecule has 1 heterocycles. The van der Waals surface area contributed by atoms with Crippen LogP contribution in [0.25, 0.3) is 10.9 Å². The predicted octanol–water partition coefficient (Wildman–Crippen LogP) is 1.90. The van der Waals surface area contributed by atoms with E-state index in [4.69, 9.17) is 40.0 Å². The smallest absolute Gasteiger partial charge is 0.184 e. The number of fused-ring (bicyclic) bond motifs is 1. The van der Waals surface area contributed by atoms with Gasteiger partial charge in [-0.1, -0.05) is 11.6 Å². The molecule has 1 aromatic heterocycles. The van der Waals surface area contributed by atoms with Crippen LogP contribution in [0.3, 0.4) is 0 Å². The number of thiocarbonyl (C=S) groups is 1. The number of methoxy groups -OCH3 is 1. The van der Waals surface area contributed by atoms with Crippen molar-refractivity contribution in [1.29, 1.82) is 0 Å². The molecule has 0 aliphatic heterocycles. The number of nitrogens with two attached hydrogens (primary N) is 2. The van der Waals surface area contributed by atoms with E-state index in [9.17, 15) is 0 Å². The number of benzene rings is 1. The monoisotopic (exact) mass is 325 g/mol. The molecule has 0 aliphatic carbocycles. The van der Waals surface area contributed by atoms with Crippen LogP contribution in [0.1, 0.15) is 11.1 Å².